The monoisotopic (exact) mass is 484 g/mol. The van der Waals surface area contributed by atoms with E-state index in [1.165, 1.54) is 106 Å². The molecule has 0 aromatic rings. The van der Waals surface area contributed by atoms with Crippen LogP contribution in [0.15, 0.2) is 0 Å². The van der Waals surface area contributed by atoms with Crippen molar-refractivity contribution in [1.29, 1.82) is 0 Å². The number of rotatable bonds is 28. The van der Waals surface area contributed by atoms with Crippen LogP contribution in [0.4, 0.5) is 0 Å². The Bertz CT molecular complexity index is 600. The lowest BCUT2D eigenvalue weighted by molar-refractivity contribution is 3.24. The van der Waals surface area contributed by atoms with Crippen LogP contribution in [0.5, 0.6) is 0 Å². The van der Waals surface area contributed by atoms with Crippen LogP contribution in [0.25, 0.3) is 0 Å². The minimum atomic E-state index is -0.602. The maximum atomic E-state index is 6.45. The van der Waals surface area contributed by atoms with Crippen molar-refractivity contribution in [3.05, 3.63) is 0 Å². The van der Waals surface area contributed by atoms with Crippen molar-refractivity contribution in [2.45, 2.75) is 0 Å². The van der Waals surface area contributed by atoms with Crippen LogP contribution in [0, 0.1) is 0 Å². The first kappa shape index (κ1) is 46.9. The normalized spacial score (nSPS) is 8.91. The second-order valence-corrected chi connectivity index (χ2v) is 10.6. The highest BCUT2D eigenvalue weighted by atomic mass is 13.4. The van der Waals surface area contributed by atoms with Crippen molar-refractivity contribution < 1.29 is 0 Å². The van der Waals surface area contributed by atoms with Gasteiger partial charge in [0.05, 0.1) is 0 Å². The minimum absolute atomic E-state index is 0.492. The van der Waals surface area contributed by atoms with E-state index in [4.69, 9.17) is 116 Å². The summed E-state index contributed by atoms with van der Waals surface area (Å²) in [5, 5.41) is 0. The standard InChI is InChI=1S/B44/c1-16-31-36(25-10)41(30-15)43(39(28-13)34(21-6)22-7)44(40(29-14)35(23-8)24-9)42(37(26-11)32(17-2)18-3)38(27-12)33(19-4)20-5. The summed E-state index contributed by atoms with van der Waals surface area (Å²) < 4.78 is 0. The molecule has 44 heavy (non-hydrogen) atoms. The summed E-state index contributed by atoms with van der Waals surface area (Å²) in [6.45, 7) is 0. The van der Waals surface area contributed by atoms with E-state index < -0.39 is 83.0 Å². The highest BCUT2D eigenvalue weighted by Crippen LogP contribution is 2.16. The van der Waals surface area contributed by atoms with Gasteiger partial charge in [-0.1, -0.05) is 0 Å². The van der Waals surface area contributed by atoms with Gasteiger partial charge in [0.2, 0.25) is 0 Å². The molecule has 44 heteroatoms. The molecule has 0 saturated carbocycles. The third kappa shape index (κ3) is 12.9. The largest absolute Gasteiger partial charge is 0 e. The van der Waals surface area contributed by atoms with E-state index in [1.54, 1.807) is 7.06 Å². The lowest BCUT2D eigenvalue weighted by Gasteiger charge is -2.52. The van der Waals surface area contributed by atoms with Gasteiger partial charge in [0, 0.05) is 312 Å². The van der Waals surface area contributed by atoms with E-state index in [9.17, 15) is 0 Å². The van der Waals surface area contributed by atoms with Crippen molar-refractivity contribution in [3.8, 4) is 0 Å². The Hall–Kier alpha value is 2.86. The molecule has 0 nitrogen and oxygen atoms in total. The van der Waals surface area contributed by atoms with Crippen molar-refractivity contribution >= 4 is 312 Å². The highest BCUT2D eigenvalue weighted by Gasteiger charge is 2.54. The first-order valence-corrected chi connectivity index (χ1v) is 14.3. The van der Waals surface area contributed by atoms with Gasteiger partial charge in [-0.25, -0.2) is 0 Å². The van der Waals surface area contributed by atoms with Crippen LogP contribution in [-0.4, -0.2) is 312 Å². The Balaban J connectivity index is 8.32. The Kier molecular flexibility index (Phi) is 29.4. The fourth-order valence-corrected chi connectivity index (χ4v) is 6.61. The molecule has 0 heterocycles. The van der Waals surface area contributed by atoms with Crippen molar-refractivity contribution in [1.82, 2.24) is 0 Å². The molecular weight excluding hydrogens is 476 g/mol. The zero-order valence-electron chi connectivity index (χ0n) is 25.4. The molecule has 0 aliphatic heterocycles. The molecule has 0 aliphatic rings. The molecule has 0 spiro atoms. The van der Waals surface area contributed by atoms with Crippen LogP contribution in [0.1, 0.15) is 0 Å². The summed E-state index contributed by atoms with van der Waals surface area (Å²) in [7, 11) is 117. The van der Waals surface area contributed by atoms with E-state index in [-0.39, 0.29) is 0 Å². The molecule has 0 aromatic heterocycles. The van der Waals surface area contributed by atoms with Crippen molar-refractivity contribution in [2.24, 2.45) is 0 Å². The van der Waals surface area contributed by atoms with E-state index in [0.717, 1.165) is 0 Å². The van der Waals surface area contributed by atoms with Gasteiger partial charge >= 0.3 is 0 Å². The molecule has 132 valence electrons. The SMILES string of the molecule is [B][B][B]B([B][B])B([B][B])B(B([B][B])B([B][B])[B][B])B(B([B][B])B([B][B])[B][B])B(B([B][B])B([B][B])[B][B])B([B][B])B([B][B])[B][B]. The van der Waals surface area contributed by atoms with Crippen LogP contribution in [0.3, 0.4) is 0 Å². The third-order valence-corrected chi connectivity index (χ3v) is 8.78. The summed E-state index contributed by atoms with van der Waals surface area (Å²) >= 11 is 0. The van der Waals surface area contributed by atoms with Gasteiger partial charge in [-0.15, -0.1) is 0 Å². The zero-order valence-corrected chi connectivity index (χ0v) is 25.4. The van der Waals surface area contributed by atoms with E-state index >= 15 is 0 Å². The average Bonchev–Trinajstić information content (AvgIpc) is 3.05. The molecule has 0 rings (SSSR count). The predicted octanol–water partition coefficient (Wildman–Crippen LogP) is -16.8. The fourth-order valence-electron chi connectivity index (χ4n) is 6.61. The number of hydrogen-bond donors (Lipinski definition) is 0. The topological polar surface area (TPSA) is 0 Å². The van der Waals surface area contributed by atoms with E-state index in [1.807, 2.05) is 0 Å². The quantitative estimate of drug-likeness (QED) is 0.0987. The van der Waals surface area contributed by atoms with Gasteiger partial charge in [0.1, 0.15) is 0 Å². The number of hydrogen-bond acceptors (Lipinski definition) is 0. The summed E-state index contributed by atoms with van der Waals surface area (Å²) in [6, 6.07) is 0. The van der Waals surface area contributed by atoms with Crippen LogP contribution in [0.2, 0.25) is 0 Å². The summed E-state index contributed by atoms with van der Waals surface area (Å²) in [6.07, 6.45) is -7.35. The van der Waals surface area contributed by atoms with Gasteiger partial charge in [0.25, 0.3) is 0 Å². The molecular formula is B44. The van der Waals surface area contributed by atoms with Gasteiger partial charge in [-0.2, -0.15) is 0 Å². The molecule has 0 aromatic carbocycles. The molecule has 0 N–H and O–H groups in total. The van der Waals surface area contributed by atoms with Crippen LogP contribution < -0.4 is 0 Å². The summed E-state index contributed by atoms with van der Waals surface area (Å²) in [4.78, 5) is 0. The predicted molar refractivity (Wildman–Crippen MR) is 253 cm³/mol. The molecule has 0 fully saturated rings. The molecule has 0 bridgehead atoms. The molecule has 0 saturated heterocycles. The molecule has 0 aliphatic carbocycles. The van der Waals surface area contributed by atoms with Crippen molar-refractivity contribution in [2.75, 3.05) is 0 Å². The first-order chi connectivity index (χ1) is 21.2. The third-order valence-electron chi connectivity index (χ3n) is 8.78. The molecule has 46 radical (unpaired) electrons. The first-order valence-electron chi connectivity index (χ1n) is 14.3. The second-order valence-electron chi connectivity index (χ2n) is 10.6. The van der Waals surface area contributed by atoms with E-state index in [2.05, 4.69) is 0 Å². The Morgan fingerprint density at radius 3 is 0.614 bits per heavy atom. The molecule has 0 amide bonds. The Morgan fingerprint density at radius 1 is 0.227 bits per heavy atom. The Labute approximate surface area is 309 Å². The van der Waals surface area contributed by atoms with Gasteiger partial charge in [0.15, 0.2) is 0 Å². The highest BCUT2D eigenvalue weighted by molar-refractivity contribution is 8.30. The average molecular weight is 476 g/mol. The zero-order chi connectivity index (χ0) is 33.8. The van der Waals surface area contributed by atoms with E-state index in [0.29, 0.717) is 0 Å². The second kappa shape index (κ2) is 27.6. The van der Waals surface area contributed by atoms with Crippen LogP contribution in [-0.2, 0) is 0 Å². The minimum Gasteiger partial charge on any atom is 0 e. The maximum absolute atomic E-state index is 6.45. The summed E-state index contributed by atoms with van der Waals surface area (Å²) in [5.41, 5.74) is 0. The summed E-state index contributed by atoms with van der Waals surface area (Å²) in [5.74, 6) is 0. The fraction of sp³-hybridized carbons (Fsp3) is 0. The Morgan fingerprint density at radius 2 is 0.432 bits per heavy atom. The smallest absolute Gasteiger partial charge is 0 e. The van der Waals surface area contributed by atoms with Gasteiger partial charge in [-0.3, -0.25) is 0 Å². The van der Waals surface area contributed by atoms with Crippen LogP contribution >= 0.6 is 0 Å². The molecule has 0 atom stereocenters. The van der Waals surface area contributed by atoms with Crippen molar-refractivity contribution in [3.63, 3.8) is 0 Å². The molecule has 0 unspecified atom stereocenters. The van der Waals surface area contributed by atoms with Gasteiger partial charge < -0.3 is 0 Å². The lowest BCUT2D eigenvalue weighted by Crippen LogP contribution is -2.90. The maximum Gasteiger partial charge on any atom is 0 e. The lowest BCUT2D eigenvalue weighted by atomic mass is 8.29. The van der Waals surface area contributed by atoms with Gasteiger partial charge in [-0.05, 0) is 0 Å².